The Balaban J connectivity index is 2.04. The van der Waals surface area contributed by atoms with E-state index in [9.17, 15) is 9.59 Å². The van der Waals surface area contributed by atoms with Crippen LogP contribution in [0.4, 0.5) is 5.82 Å². The minimum absolute atomic E-state index is 0.190. The number of aryl methyl sites for hydroxylation is 1. The average Bonchev–Trinajstić information content (AvgIpc) is 2.96. The van der Waals surface area contributed by atoms with Crippen molar-refractivity contribution in [3.8, 4) is 0 Å². The Morgan fingerprint density at radius 3 is 2.80 bits per heavy atom. The third-order valence-corrected chi connectivity index (χ3v) is 5.94. The van der Waals surface area contributed by atoms with Gasteiger partial charge in [0.2, 0.25) is 0 Å². The lowest BCUT2D eigenvalue weighted by molar-refractivity contribution is -0.122. The number of hydrogen-bond donors (Lipinski definition) is 1. The van der Waals surface area contributed by atoms with Gasteiger partial charge < -0.3 is 10.1 Å². The van der Waals surface area contributed by atoms with E-state index in [1.807, 2.05) is 19.1 Å². The SMILES string of the molecule is COCCCN1C(=O)C(=Cc2c(NCC(C)C)nc3ccc(C)cn3c2=O)SC1=S. The summed E-state index contributed by atoms with van der Waals surface area (Å²) in [5.74, 6) is 0.655. The zero-order chi connectivity index (χ0) is 21.8. The van der Waals surface area contributed by atoms with E-state index in [0.717, 1.165) is 5.56 Å². The van der Waals surface area contributed by atoms with Gasteiger partial charge in [-0.3, -0.25) is 18.9 Å². The van der Waals surface area contributed by atoms with Crippen molar-refractivity contribution in [2.24, 2.45) is 5.92 Å². The quantitative estimate of drug-likeness (QED) is 0.379. The van der Waals surface area contributed by atoms with Crippen LogP contribution in [0, 0.1) is 12.8 Å². The summed E-state index contributed by atoms with van der Waals surface area (Å²) in [4.78, 5) is 32.8. The molecule has 160 valence electrons. The van der Waals surface area contributed by atoms with Gasteiger partial charge in [0.15, 0.2) is 0 Å². The van der Waals surface area contributed by atoms with Gasteiger partial charge in [0.05, 0.1) is 10.5 Å². The molecule has 3 rings (SSSR count). The molecule has 1 fully saturated rings. The summed E-state index contributed by atoms with van der Waals surface area (Å²) in [5.41, 5.74) is 1.64. The lowest BCUT2D eigenvalue weighted by Gasteiger charge is -2.14. The van der Waals surface area contributed by atoms with Crippen LogP contribution in [0.2, 0.25) is 0 Å². The molecule has 2 aromatic rings. The van der Waals surface area contributed by atoms with Crippen LogP contribution in [0.3, 0.4) is 0 Å². The van der Waals surface area contributed by atoms with Crippen LogP contribution < -0.4 is 10.9 Å². The van der Waals surface area contributed by atoms with Gasteiger partial charge in [0.1, 0.15) is 15.8 Å². The minimum atomic E-state index is -0.223. The number of nitrogens with zero attached hydrogens (tertiary/aromatic N) is 3. The maximum absolute atomic E-state index is 13.3. The molecule has 1 aliphatic heterocycles. The first-order chi connectivity index (χ1) is 14.3. The number of carbonyl (C=O) groups excluding carboxylic acids is 1. The molecule has 0 aromatic carbocycles. The molecule has 1 saturated heterocycles. The second-order valence-corrected chi connectivity index (χ2v) is 9.24. The van der Waals surface area contributed by atoms with Gasteiger partial charge in [0.25, 0.3) is 11.5 Å². The number of thioether (sulfide) groups is 1. The van der Waals surface area contributed by atoms with Gasteiger partial charge >= 0.3 is 0 Å². The zero-order valence-corrected chi connectivity index (χ0v) is 19.2. The van der Waals surface area contributed by atoms with E-state index in [1.165, 1.54) is 16.2 Å². The second-order valence-electron chi connectivity index (χ2n) is 7.57. The molecule has 7 nitrogen and oxygen atoms in total. The Kier molecular flexibility index (Phi) is 7.27. The Labute approximate surface area is 185 Å². The first-order valence-electron chi connectivity index (χ1n) is 9.83. The number of ether oxygens (including phenoxy) is 1. The monoisotopic (exact) mass is 446 g/mol. The first kappa shape index (κ1) is 22.5. The number of thiocarbonyl (C=S) groups is 1. The maximum Gasteiger partial charge on any atom is 0.267 e. The number of carbonyl (C=O) groups is 1. The number of fused-ring (bicyclic) bond motifs is 1. The van der Waals surface area contributed by atoms with Crippen LogP contribution in [-0.2, 0) is 9.53 Å². The summed E-state index contributed by atoms with van der Waals surface area (Å²) in [7, 11) is 1.62. The summed E-state index contributed by atoms with van der Waals surface area (Å²) in [6.45, 7) is 7.77. The van der Waals surface area contributed by atoms with Crippen LogP contribution in [0.1, 0.15) is 31.4 Å². The van der Waals surface area contributed by atoms with E-state index in [0.29, 0.717) is 58.3 Å². The van der Waals surface area contributed by atoms with E-state index >= 15 is 0 Å². The molecular formula is C21H26N4O3S2. The smallest absolute Gasteiger partial charge is 0.267 e. The second kappa shape index (κ2) is 9.72. The molecule has 0 aliphatic carbocycles. The van der Waals surface area contributed by atoms with Crippen molar-refractivity contribution in [1.82, 2.24) is 14.3 Å². The molecule has 0 spiro atoms. The molecule has 1 N–H and O–H groups in total. The highest BCUT2D eigenvalue weighted by atomic mass is 32.2. The fraction of sp³-hybridized carbons (Fsp3) is 0.429. The Morgan fingerprint density at radius 2 is 2.10 bits per heavy atom. The number of hydrogen-bond acceptors (Lipinski definition) is 7. The number of amides is 1. The van der Waals surface area contributed by atoms with Crippen molar-refractivity contribution in [1.29, 1.82) is 0 Å². The predicted octanol–water partition coefficient (Wildman–Crippen LogP) is 3.31. The lowest BCUT2D eigenvalue weighted by atomic mass is 10.2. The zero-order valence-electron chi connectivity index (χ0n) is 17.6. The standard InChI is InChI=1S/C21H26N4O3S2/c1-13(2)11-22-18-15(19(26)25-12-14(3)6-7-17(25)23-18)10-16-20(27)24(21(29)30-16)8-5-9-28-4/h6-7,10,12-13,22H,5,8-9,11H2,1-4H3. The van der Waals surface area contributed by atoms with Crippen LogP contribution in [0.15, 0.2) is 28.0 Å². The molecule has 1 aliphatic rings. The molecule has 3 heterocycles. The molecule has 30 heavy (non-hydrogen) atoms. The van der Waals surface area contributed by atoms with Crippen molar-refractivity contribution in [3.05, 3.63) is 44.7 Å². The van der Waals surface area contributed by atoms with Crippen molar-refractivity contribution >= 4 is 51.7 Å². The Bertz CT molecular complexity index is 1060. The van der Waals surface area contributed by atoms with Gasteiger partial charge in [-0.2, -0.15) is 0 Å². The summed E-state index contributed by atoms with van der Waals surface area (Å²) in [6.07, 6.45) is 4.06. The largest absolute Gasteiger partial charge is 0.385 e. The van der Waals surface area contributed by atoms with E-state index < -0.39 is 0 Å². The normalized spacial score (nSPS) is 15.8. The predicted molar refractivity (Wildman–Crippen MR) is 126 cm³/mol. The fourth-order valence-electron chi connectivity index (χ4n) is 3.02. The van der Waals surface area contributed by atoms with Crippen molar-refractivity contribution < 1.29 is 9.53 Å². The highest BCUT2D eigenvalue weighted by Gasteiger charge is 2.32. The third-order valence-electron chi connectivity index (χ3n) is 4.56. The molecule has 1 amide bonds. The van der Waals surface area contributed by atoms with E-state index in [2.05, 4.69) is 24.1 Å². The van der Waals surface area contributed by atoms with Crippen molar-refractivity contribution in [2.45, 2.75) is 27.2 Å². The fourth-order valence-corrected chi connectivity index (χ4v) is 4.31. The molecule has 0 unspecified atom stereocenters. The number of pyridine rings is 1. The van der Waals surface area contributed by atoms with E-state index in [4.69, 9.17) is 17.0 Å². The van der Waals surface area contributed by atoms with Crippen LogP contribution in [-0.4, -0.2) is 51.3 Å². The van der Waals surface area contributed by atoms with Gasteiger partial charge in [-0.15, -0.1) is 0 Å². The van der Waals surface area contributed by atoms with Crippen molar-refractivity contribution in [3.63, 3.8) is 0 Å². The number of aromatic nitrogens is 2. The van der Waals surface area contributed by atoms with Gasteiger partial charge in [0, 0.05) is 33.0 Å². The average molecular weight is 447 g/mol. The summed E-state index contributed by atoms with van der Waals surface area (Å²) in [5, 5.41) is 3.26. The molecule has 0 atom stereocenters. The Hall–Kier alpha value is -2.23. The summed E-state index contributed by atoms with van der Waals surface area (Å²) >= 11 is 6.59. The molecule has 0 bridgehead atoms. The molecule has 2 aromatic heterocycles. The maximum atomic E-state index is 13.3. The number of methoxy groups -OCH3 is 1. The van der Waals surface area contributed by atoms with Gasteiger partial charge in [-0.25, -0.2) is 4.98 Å². The van der Waals surface area contributed by atoms with Crippen LogP contribution >= 0.6 is 24.0 Å². The number of rotatable bonds is 8. The summed E-state index contributed by atoms with van der Waals surface area (Å²) < 4.78 is 7.06. The molecule has 0 saturated carbocycles. The van der Waals surface area contributed by atoms with Crippen LogP contribution in [0.5, 0.6) is 0 Å². The number of anilines is 1. The summed E-state index contributed by atoms with van der Waals surface area (Å²) in [6, 6.07) is 3.73. The van der Waals surface area contributed by atoms with Gasteiger partial charge in [-0.05, 0) is 37.0 Å². The van der Waals surface area contributed by atoms with Gasteiger partial charge in [-0.1, -0.05) is 43.9 Å². The highest BCUT2D eigenvalue weighted by molar-refractivity contribution is 8.26. The van der Waals surface area contributed by atoms with E-state index in [1.54, 1.807) is 24.3 Å². The highest BCUT2D eigenvalue weighted by Crippen LogP contribution is 2.33. The first-order valence-corrected chi connectivity index (χ1v) is 11.1. The molecule has 0 radical (unpaired) electrons. The van der Waals surface area contributed by atoms with E-state index in [-0.39, 0.29) is 11.5 Å². The third kappa shape index (κ3) is 4.91. The minimum Gasteiger partial charge on any atom is -0.385 e. The Morgan fingerprint density at radius 1 is 1.33 bits per heavy atom. The molecular weight excluding hydrogens is 420 g/mol. The topological polar surface area (TPSA) is 75.9 Å². The molecule has 9 heteroatoms. The van der Waals surface area contributed by atoms with Crippen molar-refractivity contribution in [2.75, 3.05) is 32.1 Å². The number of nitrogens with one attached hydrogen (secondary N) is 1. The van der Waals surface area contributed by atoms with Crippen LogP contribution in [0.25, 0.3) is 11.7 Å². The lowest BCUT2D eigenvalue weighted by Crippen LogP contribution is -2.29.